The van der Waals surface area contributed by atoms with Crippen LogP contribution in [0, 0.1) is 0 Å². The van der Waals surface area contributed by atoms with Crippen LogP contribution >= 0.6 is 0 Å². The summed E-state index contributed by atoms with van der Waals surface area (Å²) in [6.45, 7) is 0. The molecule has 21 heavy (non-hydrogen) atoms. The van der Waals surface area contributed by atoms with Crippen LogP contribution in [0.2, 0.25) is 0 Å². The van der Waals surface area contributed by atoms with Crippen LogP contribution in [-0.4, -0.2) is 24.1 Å². The molecule has 0 fully saturated rings. The van der Waals surface area contributed by atoms with Gasteiger partial charge in [0.1, 0.15) is 4.90 Å². The molecule has 0 saturated heterocycles. The van der Waals surface area contributed by atoms with Crippen molar-refractivity contribution >= 4 is 27.8 Å². The smallest absolute Gasteiger partial charge is 0.328 e. The van der Waals surface area contributed by atoms with E-state index >= 15 is 0 Å². The Morgan fingerprint density at radius 2 is 1.90 bits per heavy atom. The van der Waals surface area contributed by atoms with Gasteiger partial charge in [-0.2, -0.15) is 0 Å². The monoisotopic (exact) mass is 306 g/mol. The third-order valence-corrected chi connectivity index (χ3v) is 4.06. The maximum absolute atomic E-state index is 12.1. The highest BCUT2D eigenvalue weighted by molar-refractivity contribution is 7.92. The zero-order chi connectivity index (χ0) is 15.5. The average Bonchev–Trinajstić information content (AvgIpc) is 2.85. The Labute approximate surface area is 122 Å². The van der Waals surface area contributed by atoms with E-state index in [4.69, 9.17) is 5.11 Å². The van der Waals surface area contributed by atoms with Gasteiger partial charge in [-0.15, -0.1) is 0 Å². The van der Waals surface area contributed by atoms with Gasteiger partial charge < -0.3 is 9.67 Å². The van der Waals surface area contributed by atoms with Gasteiger partial charge >= 0.3 is 5.97 Å². The molecule has 0 radical (unpaired) electrons. The predicted octanol–water partition coefficient (Wildman–Crippen LogP) is 1.92. The topological polar surface area (TPSA) is 88.4 Å². The summed E-state index contributed by atoms with van der Waals surface area (Å²) in [4.78, 5) is 10.6. The SMILES string of the molecule is Cn1ccc(S(=O)(=O)Nc2ccc(/C=C/C(=O)O)cc2)c1. The summed E-state index contributed by atoms with van der Waals surface area (Å²) in [5.74, 6) is -1.04. The summed E-state index contributed by atoms with van der Waals surface area (Å²) in [7, 11) is -1.88. The summed E-state index contributed by atoms with van der Waals surface area (Å²) in [6, 6.07) is 7.90. The zero-order valence-corrected chi connectivity index (χ0v) is 12.0. The fraction of sp³-hybridized carbons (Fsp3) is 0.0714. The van der Waals surface area contributed by atoms with Gasteiger partial charge in [0.05, 0.1) is 0 Å². The van der Waals surface area contributed by atoms with E-state index in [9.17, 15) is 13.2 Å². The average molecular weight is 306 g/mol. The number of carbonyl (C=O) groups is 1. The number of carboxylic acid groups (broad SMARTS) is 1. The Hall–Kier alpha value is -2.54. The number of aliphatic carboxylic acids is 1. The second kappa shape index (κ2) is 5.84. The lowest BCUT2D eigenvalue weighted by Gasteiger charge is -2.06. The second-order valence-electron chi connectivity index (χ2n) is 4.41. The van der Waals surface area contributed by atoms with Crippen LogP contribution in [0.5, 0.6) is 0 Å². The first-order chi connectivity index (χ1) is 9.87. The number of benzene rings is 1. The molecule has 0 bridgehead atoms. The van der Waals surface area contributed by atoms with Crippen molar-refractivity contribution < 1.29 is 18.3 Å². The molecular formula is C14H14N2O4S. The molecule has 0 unspecified atom stereocenters. The predicted molar refractivity (Wildman–Crippen MR) is 79.3 cm³/mol. The molecule has 0 spiro atoms. The van der Waals surface area contributed by atoms with E-state index in [1.165, 1.54) is 18.3 Å². The Morgan fingerprint density at radius 1 is 1.24 bits per heavy atom. The molecule has 1 heterocycles. The van der Waals surface area contributed by atoms with Crippen molar-refractivity contribution in [2.75, 3.05) is 4.72 Å². The summed E-state index contributed by atoms with van der Waals surface area (Å²) in [6.07, 6.45) is 5.60. The van der Waals surface area contributed by atoms with Gasteiger partial charge in [0.2, 0.25) is 0 Å². The number of nitrogens with one attached hydrogen (secondary N) is 1. The molecule has 0 amide bonds. The van der Waals surface area contributed by atoms with E-state index in [0.717, 1.165) is 6.08 Å². The molecule has 0 aliphatic heterocycles. The molecule has 1 aromatic heterocycles. The number of rotatable bonds is 5. The summed E-state index contributed by atoms with van der Waals surface area (Å²) < 4.78 is 28.3. The summed E-state index contributed by atoms with van der Waals surface area (Å²) >= 11 is 0. The third-order valence-electron chi connectivity index (χ3n) is 2.70. The lowest BCUT2D eigenvalue weighted by atomic mass is 10.2. The molecule has 7 heteroatoms. The molecule has 2 aromatic rings. The van der Waals surface area contributed by atoms with Crippen molar-refractivity contribution in [3.63, 3.8) is 0 Å². The minimum atomic E-state index is -3.61. The van der Waals surface area contributed by atoms with Gasteiger partial charge in [-0.05, 0) is 29.8 Å². The van der Waals surface area contributed by atoms with Crippen LogP contribution in [0.3, 0.4) is 0 Å². The highest BCUT2D eigenvalue weighted by Crippen LogP contribution is 2.17. The number of sulfonamides is 1. The van der Waals surface area contributed by atoms with Crippen molar-refractivity contribution in [1.82, 2.24) is 4.57 Å². The van der Waals surface area contributed by atoms with E-state index < -0.39 is 16.0 Å². The molecule has 0 aliphatic rings. The van der Waals surface area contributed by atoms with Crippen LogP contribution < -0.4 is 4.72 Å². The highest BCUT2D eigenvalue weighted by atomic mass is 32.2. The van der Waals surface area contributed by atoms with Crippen LogP contribution in [-0.2, 0) is 21.9 Å². The van der Waals surface area contributed by atoms with E-state index in [-0.39, 0.29) is 4.90 Å². The number of nitrogens with zero attached hydrogens (tertiary/aromatic N) is 1. The number of anilines is 1. The van der Waals surface area contributed by atoms with Gasteiger partial charge in [0.15, 0.2) is 0 Å². The molecule has 2 N–H and O–H groups in total. The Kier molecular flexibility index (Phi) is 4.13. The lowest BCUT2D eigenvalue weighted by Crippen LogP contribution is -2.12. The van der Waals surface area contributed by atoms with Crippen molar-refractivity contribution in [2.45, 2.75) is 4.90 Å². The van der Waals surface area contributed by atoms with Gasteiger partial charge in [0.25, 0.3) is 10.0 Å². The van der Waals surface area contributed by atoms with E-state index in [0.29, 0.717) is 11.3 Å². The summed E-state index contributed by atoms with van der Waals surface area (Å²) in [5, 5.41) is 8.53. The normalized spacial score (nSPS) is 11.7. The quantitative estimate of drug-likeness (QED) is 0.826. The number of carboxylic acids is 1. The van der Waals surface area contributed by atoms with Crippen LogP contribution in [0.1, 0.15) is 5.56 Å². The van der Waals surface area contributed by atoms with E-state index in [1.807, 2.05) is 0 Å². The second-order valence-corrected chi connectivity index (χ2v) is 6.09. The van der Waals surface area contributed by atoms with Gasteiger partial charge in [-0.25, -0.2) is 13.2 Å². The molecule has 6 nitrogen and oxygen atoms in total. The molecule has 0 saturated carbocycles. The molecule has 110 valence electrons. The van der Waals surface area contributed by atoms with E-state index in [2.05, 4.69) is 4.72 Å². The molecule has 1 aromatic carbocycles. The van der Waals surface area contributed by atoms with Crippen molar-refractivity contribution in [3.05, 3.63) is 54.4 Å². The van der Waals surface area contributed by atoms with Crippen molar-refractivity contribution in [2.24, 2.45) is 7.05 Å². The lowest BCUT2D eigenvalue weighted by molar-refractivity contribution is -0.131. The third kappa shape index (κ3) is 3.96. The van der Waals surface area contributed by atoms with Crippen molar-refractivity contribution in [3.8, 4) is 0 Å². The minimum Gasteiger partial charge on any atom is -0.478 e. The summed E-state index contributed by atoms with van der Waals surface area (Å²) in [5.41, 5.74) is 1.08. The number of aryl methyl sites for hydroxylation is 1. The maximum atomic E-state index is 12.1. The number of hydrogen-bond acceptors (Lipinski definition) is 3. The Bertz CT molecular complexity index is 774. The first-order valence-electron chi connectivity index (χ1n) is 6.03. The number of hydrogen-bond donors (Lipinski definition) is 2. The van der Waals surface area contributed by atoms with E-state index in [1.54, 1.807) is 42.1 Å². The first kappa shape index (κ1) is 14.9. The fourth-order valence-corrected chi connectivity index (χ4v) is 2.79. The first-order valence-corrected chi connectivity index (χ1v) is 7.51. The van der Waals surface area contributed by atoms with Crippen LogP contribution in [0.4, 0.5) is 5.69 Å². The molecule has 2 rings (SSSR count). The molecule has 0 aliphatic carbocycles. The van der Waals surface area contributed by atoms with Crippen LogP contribution in [0.25, 0.3) is 6.08 Å². The minimum absolute atomic E-state index is 0.180. The maximum Gasteiger partial charge on any atom is 0.328 e. The van der Waals surface area contributed by atoms with Crippen LogP contribution in [0.15, 0.2) is 53.7 Å². The standard InChI is InChI=1S/C14H14N2O4S/c1-16-9-8-13(10-16)21(19,20)15-12-5-2-11(3-6-12)4-7-14(17)18/h2-10,15H,1H3,(H,17,18)/b7-4+. The van der Waals surface area contributed by atoms with Gasteiger partial charge in [-0.1, -0.05) is 12.1 Å². The molecular weight excluding hydrogens is 292 g/mol. The van der Waals surface area contributed by atoms with Gasteiger partial charge in [0, 0.05) is 31.2 Å². The Balaban J connectivity index is 2.15. The molecule has 0 atom stereocenters. The Morgan fingerprint density at radius 3 is 2.43 bits per heavy atom. The fourth-order valence-electron chi connectivity index (χ4n) is 1.68. The van der Waals surface area contributed by atoms with Gasteiger partial charge in [-0.3, -0.25) is 4.72 Å². The number of aromatic nitrogens is 1. The van der Waals surface area contributed by atoms with Crippen molar-refractivity contribution in [1.29, 1.82) is 0 Å². The highest BCUT2D eigenvalue weighted by Gasteiger charge is 2.14. The largest absolute Gasteiger partial charge is 0.478 e. The zero-order valence-electron chi connectivity index (χ0n) is 11.2.